The van der Waals surface area contributed by atoms with Crippen LogP contribution in [0.1, 0.15) is 16.8 Å². The summed E-state index contributed by atoms with van der Waals surface area (Å²) in [5.41, 5.74) is 3.40. The molecule has 0 spiro atoms. The number of benzene rings is 1. The van der Waals surface area contributed by atoms with Crippen LogP contribution in [-0.4, -0.2) is 30.2 Å². The maximum Gasteiger partial charge on any atom is 0.225 e. The Morgan fingerprint density at radius 3 is 2.71 bits per heavy atom. The van der Waals surface area contributed by atoms with Crippen molar-refractivity contribution >= 4 is 11.8 Å². The summed E-state index contributed by atoms with van der Waals surface area (Å²) in [4.78, 5) is 8.86. The zero-order valence-electron chi connectivity index (χ0n) is 12.8. The Balaban J connectivity index is 1.99. The van der Waals surface area contributed by atoms with Gasteiger partial charge in [-0.1, -0.05) is 29.8 Å². The first-order valence-electron chi connectivity index (χ1n) is 7.05. The van der Waals surface area contributed by atoms with Crippen molar-refractivity contribution < 1.29 is 4.74 Å². The van der Waals surface area contributed by atoms with E-state index in [0.29, 0.717) is 19.1 Å². The van der Waals surface area contributed by atoms with E-state index in [1.165, 1.54) is 11.1 Å². The van der Waals surface area contributed by atoms with Crippen LogP contribution in [0.2, 0.25) is 0 Å². The van der Waals surface area contributed by atoms with E-state index < -0.39 is 0 Å². The molecule has 0 saturated carbocycles. The highest BCUT2D eigenvalue weighted by Gasteiger charge is 2.02. The highest BCUT2D eigenvalue weighted by molar-refractivity contribution is 5.42. The monoisotopic (exact) mass is 286 g/mol. The average Bonchev–Trinajstić information content (AvgIpc) is 2.45. The fourth-order valence-electron chi connectivity index (χ4n) is 2.02. The number of aryl methyl sites for hydroxylation is 2. The predicted octanol–water partition coefficient (Wildman–Crippen LogP) is 2.76. The van der Waals surface area contributed by atoms with Crippen molar-refractivity contribution in [2.75, 3.05) is 30.9 Å². The minimum atomic E-state index is 0.636. The number of hydrogen-bond donors (Lipinski definition) is 2. The van der Waals surface area contributed by atoms with E-state index in [4.69, 9.17) is 4.74 Å². The quantitative estimate of drug-likeness (QED) is 0.766. The molecule has 0 aliphatic heterocycles. The van der Waals surface area contributed by atoms with Crippen molar-refractivity contribution in [3.05, 3.63) is 47.2 Å². The van der Waals surface area contributed by atoms with Crippen LogP contribution in [0.3, 0.4) is 0 Å². The van der Waals surface area contributed by atoms with E-state index in [0.717, 1.165) is 18.1 Å². The van der Waals surface area contributed by atoms with Gasteiger partial charge in [0, 0.05) is 32.0 Å². The molecule has 5 heteroatoms. The Hall–Kier alpha value is -2.14. The maximum absolute atomic E-state index is 5.02. The summed E-state index contributed by atoms with van der Waals surface area (Å²) in [6.07, 6.45) is 0. The summed E-state index contributed by atoms with van der Waals surface area (Å²) >= 11 is 0. The molecule has 0 saturated heterocycles. The molecule has 1 heterocycles. The van der Waals surface area contributed by atoms with Crippen LogP contribution < -0.4 is 10.6 Å². The molecule has 2 N–H and O–H groups in total. The molecular weight excluding hydrogens is 264 g/mol. The number of ether oxygens (including phenoxy) is 1. The summed E-state index contributed by atoms with van der Waals surface area (Å²) in [5.74, 6) is 1.45. The van der Waals surface area contributed by atoms with Crippen molar-refractivity contribution in [1.29, 1.82) is 0 Å². The molecule has 2 aromatic rings. The van der Waals surface area contributed by atoms with E-state index in [9.17, 15) is 0 Å². The minimum absolute atomic E-state index is 0.636. The van der Waals surface area contributed by atoms with Gasteiger partial charge >= 0.3 is 0 Å². The molecule has 5 nitrogen and oxygen atoms in total. The Bertz CT molecular complexity index is 586. The van der Waals surface area contributed by atoms with E-state index in [1.807, 2.05) is 13.0 Å². The van der Waals surface area contributed by atoms with Crippen LogP contribution in [0.25, 0.3) is 0 Å². The molecule has 0 amide bonds. The van der Waals surface area contributed by atoms with Gasteiger partial charge in [-0.2, -0.15) is 4.98 Å². The molecule has 0 aliphatic rings. The Morgan fingerprint density at radius 2 is 1.95 bits per heavy atom. The van der Waals surface area contributed by atoms with Gasteiger partial charge in [0.15, 0.2) is 0 Å². The molecule has 0 unspecified atom stereocenters. The van der Waals surface area contributed by atoms with E-state index in [-0.39, 0.29) is 0 Å². The second-order valence-corrected chi connectivity index (χ2v) is 4.98. The summed E-state index contributed by atoms with van der Waals surface area (Å²) in [6, 6.07) is 10.3. The SMILES string of the molecule is COCCNc1cc(C)nc(NCc2cccc(C)c2)n1. The van der Waals surface area contributed by atoms with E-state index >= 15 is 0 Å². The lowest BCUT2D eigenvalue weighted by molar-refractivity contribution is 0.210. The van der Waals surface area contributed by atoms with Gasteiger partial charge in [-0.05, 0) is 19.4 Å². The van der Waals surface area contributed by atoms with Gasteiger partial charge in [-0.25, -0.2) is 4.98 Å². The Kier molecular flexibility index (Phi) is 5.51. The van der Waals surface area contributed by atoms with E-state index in [1.54, 1.807) is 7.11 Å². The molecule has 112 valence electrons. The molecule has 2 rings (SSSR count). The van der Waals surface area contributed by atoms with Crippen LogP contribution in [0, 0.1) is 13.8 Å². The second-order valence-electron chi connectivity index (χ2n) is 4.98. The first-order valence-corrected chi connectivity index (χ1v) is 7.05. The standard InChI is InChI=1S/C16H22N4O/c1-12-5-4-6-14(9-12)11-18-16-19-13(2)10-15(20-16)17-7-8-21-3/h4-6,9-10H,7-8,11H2,1-3H3,(H2,17,18,19,20). The number of nitrogens with zero attached hydrogens (tertiary/aromatic N) is 2. The molecule has 0 bridgehead atoms. The third-order valence-corrected chi connectivity index (χ3v) is 3.00. The molecule has 0 aliphatic carbocycles. The van der Waals surface area contributed by atoms with Crippen molar-refractivity contribution in [3.63, 3.8) is 0 Å². The average molecular weight is 286 g/mol. The summed E-state index contributed by atoms with van der Waals surface area (Å²) in [6.45, 7) is 6.13. The number of hydrogen-bond acceptors (Lipinski definition) is 5. The third-order valence-electron chi connectivity index (χ3n) is 3.00. The Labute approximate surface area is 125 Å². The van der Waals surface area contributed by atoms with Crippen molar-refractivity contribution in [2.45, 2.75) is 20.4 Å². The lowest BCUT2D eigenvalue weighted by atomic mass is 10.1. The number of methoxy groups -OCH3 is 1. The number of rotatable bonds is 7. The Morgan fingerprint density at radius 1 is 1.10 bits per heavy atom. The van der Waals surface area contributed by atoms with Crippen LogP contribution >= 0.6 is 0 Å². The van der Waals surface area contributed by atoms with Gasteiger partial charge in [0.2, 0.25) is 5.95 Å². The van der Waals surface area contributed by atoms with Crippen LogP contribution in [0.15, 0.2) is 30.3 Å². The molecule has 21 heavy (non-hydrogen) atoms. The van der Waals surface area contributed by atoms with Gasteiger partial charge in [0.25, 0.3) is 0 Å². The number of nitrogens with one attached hydrogen (secondary N) is 2. The molecule has 0 fully saturated rings. The van der Waals surface area contributed by atoms with Gasteiger partial charge in [0.1, 0.15) is 5.82 Å². The van der Waals surface area contributed by atoms with Crippen LogP contribution in [0.5, 0.6) is 0 Å². The zero-order chi connectivity index (χ0) is 15.1. The molecule has 1 aromatic heterocycles. The fourth-order valence-corrected chi connectivity index (χ4v) is 2.02. The topological polar surface area (TPSA) is 59.1 Å². The van der Waals surface area contributed by atoms with Crippen LogP contribution in [0.4, 0.5) is 11.8 Å². The summed E-state index contributed by atoms with van der Waals surface area (Å²) in [7, 11) is 1.68. The first-order chi connectivity index (χ1) is 10.2. The molecule has 1 aromatic carbocycles. The fraction of sp³-hybridized carbons (Fsp3) is 0.375. The lowest BCUT2D eigenvalue weighted by Crippen LogP contribution is -2.11. The first kappa shape index (κ1) is 15.3. The summed E-state index contributed by atoms with van der Waals surface area (Å²) < 4.78 is 5.02. The number of anilines is 2. The van der Waals surface area contributed by atoms with E-state index in [2.05, 4.69) is 51.8 Å². The molecule has 0 atom stereocenters. The highest BCUT2D eigenvalue weighted by atomic mass is 16.5. The minimum Gasteiger partial charge on any atom is -0.383 e. The lowest BCUT2D eigenvalue weighted by Gasteiger charge is -2.10. The van der Waals surface area contributed by atoms with Crippen molar-refractivity contribution in [2.24, 2.45) is 0 Å². The van der Waals surface area contributed by atoms with Gasteiger partial charge in [-0.15, -0.1) is 0 Å². The maximum atomic E-state index is 5.02. The third kappa shape index (κ3) is 5.04. The van der Waals surface area contributed by atoms with Gasteiger partial charge < -0.3 is 15.4 Å². The largest absolute Gasteiger partial charge is 0.383 e. The molecule has 0 radical (unpaired) electrons. The van der Waals surface area contributed by atoms with Crippen molar-refractivity contribution in [1.82, 2.24) is 9.97 Å². The second kappa shape index (κ2) is 7.59. The normalized spacial score (nSPS) is 10.4. The number of aromatic nitrogens is 2. The van der Waals surface area contributed by atoms with Gasteiger partial charge in [-0.3, -0.25) is 0 Å². The summed E-state index contributed by atoms with van der Waals surface area (Å²) in [5, 5.41) is 6.48. The highest BCUT2D eigenvalue weighted by Crippen LogP contribution is 2.11. The van der Waals surface area contributed by atoms with Crippen molar-refractivity contribution in [3.8, 4) is 0 Å². The predicted molar refractivity (Wildman–Crippen MR) is 85.6 cm³/mol. The smallest absolute Gasteiger partial charge is 0.225 e. The zero-order valence-corrected chi connectivity index (χ0v) is 12.8. The van der Waals surface area contributed by atoms with Crippen LogP contribution in [-0.2, 0) is 11.3 Å². The van der Waals surface area contributed by atoms with Gasteiger partial charge in [0.05, 0.1) is 6.61 Å². The molecular formula is C16H22N4O.